The van der Waals surface area contributed by atoms with Gasteiger partial charge in [0, 0.05) is 32.3 Å². The van der Waals surface area contributed by atoms with Gasteiger partial charge in [-0.25, -0.2) is 9.97 Å². The first kappa shape index (κ1) is 18.7. The molecule has 1 aliphatic carbocycles. The fourth-order valence-corrected chi connectivity index (χ4v) is 3.87. The molecule has 1 aliphatic heterocycles. The maximum atomic E-state index is 11.2. The molecule has 1 saturated carbocycles. The van der Waals surface area contributed by atoms with Crippen LogP contribution in [0.4, 0.5) is 5.95 Å². The van der Waals surface area contributed by atoms with Gasteiger partial charge in [-0.3, -0.25) is 4.79 Å². The van der Waals surface area contributed by atoms with E-state index in [0.717, 1.165) is 36.8 Å². The van der Waals surface area contributed by atoms with E-state index in [-0.39, 0.29) is 18.1 Å². The van der Waals surface area contributed by atoms with Crippen molar-refractivity contribution in [3.8, 4) is 5.75 Å². The second kappa shape index (κ2) is 8.17. The molecule has 0 bridgehead atoms. The Bertz CT molecular complexity index is 802. The SMILES string of the molecule is CC(=O)N[C@@H](C)c1ccc(O[C@@H]2CCN(c3ncc(C4CCC4)cn3)C2)cc1. The lowest BCUT2D eigenvalue weighted by Crippen LogP contribution is -2.26. The minimum atomic E-state index is -0.0261. The van der Waals surface area contributed by atoms with Crippen LogP contribution < -0.4 is 15.0 Å². The first-order chi connectivity index (χ1) is 13.6. The van der Waals surface area contributed by atoms with Crippen LogP contribution in [-0.4, -0.2) is 35.1 Å². The molecule has 1 aromatic heterocycles. The van der Waals surface area contributed by atoms with Crippen LogP contribution in [0.3, 0.4) is 0 Å². The number of ether oxygens (including phenoxy) is 1. The van der Waals surface area contributed by atoms with E-state index in [1.807, 2.05) is 43.6 Å². The van der Waals surface area contributed by atoms with E-state index in [0.29, 0.717) is 5.92 Å². The van der Waals surface area contributed by atoms with Crippen molar-refractivity contribution in [3.63, 3.8) is 0 Å². The quantitative estimate of drug-likeness (QED) is 0.829. The molecule has 1 saturated heterocycles. The van der Waals surface area contributed by atoms with E-state index in [4.69, 9.17) is 4.74 Å². The minimum absolute atomic E-state index is 0.00595. The van der Waals surface area contributed by atoms with Gasteiger partial charge in [0.2, 0.25) is 11.9 Å². The third-order valence-electron chi connectivity index (χ3n) is 5.77. The number of anilines is 1. The second-order valence-corrected chi connectivity index (χ2v) is 7.91. The van der Waals surface area contributed by atoms with E-state index in [2.05, 4.69) is 20.2 Å². The molecule has 0 unspecified atom stereocenters. The maximum absolute atomic E-state index is 11.2. The summed E-state index contributed by atoms with van der Waals surface area (Å²) >= 11 is 0. The molecule has 2 atom stereocenters. The van der Waals surface area contributed by atoms with Crippen molar-refractivity contribution >= 4 is 11.9 Å². The predicted molar refractivity (Wildman–Crippen MR) is 109 cm³/mol. The lowest BCUT2D eigenvalue weighted by molar-refractivity contribution is -0.119. The Hall–Kier alpha value is -2.63. The van der Waals surface area contributed by atoms with E-state index < -0.39 is 0 Å². The second-order valence-electron chi connectivity index (χ2n) is 7.91. The van der Waals surface area contributed by atoms with E-state index >= 15 is 0 Å². The number of aromatic nitrogens is 2. The first-order valence-corrected chi connectivity index (χ1v) is 10.2. The van der Waals surface area contributed by atoms with E-state index in [1.54, 1.807) is 0 Å². The fourth-order valence-electron chi connectivity index (χ4n) is 3.87. The summed E-state index contributed by atoms with van der Waals surface area (Å²) in [6.07, 6.45) is 8.94. The van der Waals surface area contributed by atoms with Crippen molar-refractivity contribution < 1.29 is 9.53 Å². The number of amides is 1. The van der Waals surface area contributed by atoms with Crippen LogP contribution in [0.2, 0.25) is 0 Å². The number of hydrogen-bond donors (Lipinski definition) is 1. The zero-order valence-electron chi connectivity index (χ0n) is 16.6. The van der Waals surface area contributed by atoms with Crippen molar-refractivity contribution in [1.29, 1.82) is 0 Å². The molecule has 2 aromatic rings. The molecule has 1 amide bonds. The third kappa shape index (κ3) is 4.26. The average molecular weight is 380 g/mol. The highest BCUT2D eigenvalue weighted by Crippen LogP contribution is 2.35. The molecule has 2 fully saturated rings. The topological polar surface area (TPSA) is 67.3 Å². The number of nitrogens with zero attached hydrogens (tertiary/aromatic N) is 3. The zero-order valence-corrected chi connectivity index (χ0v) is 16.6. The molecule has 2 aliphatic rings. The van der Waals surface area contributed by atoms with Gasteiger partial charge in [0.25, 0.3) is 0 Å². The van der Waals surface area contributed by atoms with Gasteiger partial charge >= 0.3 is 0 Å². The zero-order chi connectivity index (χ0) is 19.5. The van der Waals surface area contributed by atoms with Gasteiger partial charge in [-0.1, -0.05) is 18.6 Å². The van der Waals surface area contributed by atoms with Crippen LogP contribution in [0.5, 0.6) is 5.75 Å². The smallest absolute Gasteiger partial charge is 0.225 e. The summed E-state index contributed by atoms with van der Waals surface area (Å²) in [5.41, 5.74) is 2.34. The number of hydrogen-bond acceptors (Lipinski definition) is 5. The van der Waals surface area contributed by atoms with E-state index in [1.165, 1.54) is 31.7 Å². The number of nitrogens with one attached hydrogen (secondary N) is 1. The Kier molecular flexibility index (Phi) is 5.46. The number of carbonyl (C=O) groups excluding carboxylic acids is 1. The maximum Gasteiger partial charge on any atom is 0.225 e. The third-order valence-corrected chi connectivity index (χ3v) is 5.77. The molecule has 6 heteroatoms. The van der Waals surface area contributed by atoms with Crippen molar-refractivity contribution in [2.24, 2.45) is 0 Å². The molecule has 2 heterocycles. The van der Waals surface area contributed by atoms with Crippen LogP contribution in [0.15, 0.2) is 36.7 Å². The van der Waals surface area contributed by atoms with Crippen molar-refractivity contribution in [1.82, 2.24) is 15.3 Å². The summed E-state index contributed by atoms with van der Waals surface area (Å²) in [5.74, 6) is 2.29. The lowest BCUT2D eigenvalue weighted by atomic mass is 9.81. The number of carbonyl (C=O) groups is 1. The van der Waals surface area contributed by atoms with Crippen molar-refractivity contribution in [3.05, 3.63) is 47.8 Å². The Morgan fingerprint density at radius 2 is 1.89 bits per heavy atom. The largest absolute Gasteiger partial charge is 0.489 e. The molecule has 148 valence electrons. The van der Waals surface area contributed by atoms with Gasteiger partial charge in [0.15, 0.2) is 0 Å². The van der Waals surface area contributed by atoms with Crippen LogP contribution in [0.1, 0.15) is 62.6 Å². The highest BCUT2D eigenvalue weighted by Gasteiger charge is 2.26. The van der Waals surface area contributed by atoms with Gasteiger partial charge in [0.05, 0.1) is 12.6 Å². The molecule has 0 radical (unpaired) electrons. The Labute approximate surface area is 166 Å². The van der Waals surface area contributed by atoms with Crippen LogP contribution in [0.25, 0.3) is 0 Å². The normalized spacial score (nSPS) is 20.5. The lowest BCUT2D eigenvalue weighted by Gasteiger charge is -2.25. The first-order valence-electron chi connectivity index (χ1n) is 10.2. The summed E-state index contributed by atoms with van der Waals surface area (Å²) in [6, 6.07) is 7.95. The Balaban J connectivity index is 1.31. The standard InChI is InChI=1S/C22H28N4O2/c1-15(25-16(2)27)17-6-8-20(9-7-17)28-21-10-11-26(14-21)22-23-12-19(13-24-22)18-4-3-5-18/h6-9,12-13,15,18,21H,3-5,10-11,14H2,1-2H3,(H,25,27)/t15-,21+/m0/s1. The van der Waals surface area contributed by atoms with Crippen molar-refractivity contribution in [2.75, 3.05) is 18.0 Å². The summed E-state index contributed by atoms with van der Waals surface area (Å²) < 4.78 is 6.15. The molecule has 1 N–H and O–H groups in total. The molecule has 6 nitrogen and oxygen atoms in total. The average Bonchev–Trinajstić information content (AvgIpc) is 3.09. The van der Waals surface area contributed by atoms with Crippen LogP contribution in [0, 0.1) is 0 Å². The Morgan fingerprint density at radius 1 is 1.18 bits per heavy atom. The number of rotatable bonds is 6. The fraction of sp³-hybridized carbons (Fsp3) is 0.500. The van der Waals surface area contributed by atoms with E-state index in [9.17, 15) is 4.79 Å². The summed E-state index contributed by atoms with van der Waals surface area (Å²) in [6.45, 7) is 5.21. The van der Waals surface area contributed by atoms with Crippen molar-refractivity contribution in [2.45, 2.75) is 57.6 Å². The molecule has 1 aromatic carbocycles. The molecule has 28 heavy (non-hydrogen) atoms. The summed E-state index contributed by atoms with van der Waals surface area (Å²) in [7, 11) is 0. The van der Waals surface area contributed by atoms with Crippen LogP contribution in [-0.2, 0) is 4.79 Å². The van der Waals surface area contributed by atoms with Gasteiger partial charge in [0.1, 0.15) is 11.9 Å². The number of benzene rings is 1. The molecular formula is C22H28N4O2. The van der Waals surface area contributed by atoms with Gasteiger partial charge in [-0.05, 0) is 48.9 Å². The Morgan fingerprint density at radius 3 is 2.50 bits per heavy atom. The monoisotopic (exact) mass is 380 g/mol. The summed E-state index contributed by atoms with van der Waals surface area (Å²) in [4.78, 5) is 22.6. The predicted octanol–water partition coefficient (Wildman–Crippen LogP) is 3.60. The summed E-state index contributed by atoms with van der Waals surface area (Å²) in [5, 5.41) is 2.89. The van der Waals surface area contributed by atoms with Gasteiger partial charge in [-0.2, -0.15) is 0 Å². The highest BCUT2D eigenvalue weighted by atomic mass is 16.5. The van der Waals surface area contributed by atoms with Gasteiger partial charge < -0.3 is 15.0 Å². The molecular weight excluding hydrogens is 352 g/mol. The minimum Gasteiger partial charge on any atom is -0.489 e. The van der Waals surface area contributed by atoms with Gasteiger partial charge in [-0.15, -0.1) is 0 Å². The van der Waals surface area contributed by atoms with Crippen LogP contribution >= 0.6 is 0 Å². The highest BCUT2D eigenvalue weighted by molar-refractivity contribution is 5.73. The molecule has 0 spiro atoms. The molecule has 4 rings (SSSR count).